The average molecular weight is 182 g/mol. The molecule has 13 heavy (non-hydrogen) atoms. The highest BCUT2D eigenvalue weighted by molar-refractivity contribution is 5.17. The summed E-state index contributed by atoms with van der Waals surface area (Å²) in [5.74, 6) is 1.57. The first-order valence-electron chi connectivity index (χ1n) is 4.99. The first-order valence-corrected chi connectivity index (χ1v) is 4.99. The van der Waals surface area contributed by atoms with Gasteiger partial charge in [-0.25, -0.2) is 0 Å². The summed E-state index contributed by atoms with van der Waals surface area (Å²) in [6.45, 7) is 12.4. The van der Waals surface area contributed by atoms with Crippen LogP contribution in [-0.2, 0) is 0 Å². The van der Waals surface area contributed by atoms with Crippen LogP contribution in [0.3, 0.4) is 0 Å². The standard InChI is InChI=1S/C12H22O/c1-9(2)6-11(5)8-12(13)7-10(3)4/h8-10,13H,5-7H2,1-4H3/b12-8-. The molecule has 1 nitrogen and oxygen atoms in total. The number of hydrogen-bond donors (Lipinski definition) is 1. The molecule has 0 rings (SSSR count). The van der Waals surface area contributed by atoms with Crippen LogP contribution >= 0.6 is 0 Å². The lowest BCUT2D eigenvalue weighted by Crippen LogP contribution is -1.93. The van der Waals surface area contributed by atoms with Gasteiger partial charge in [-0.3, -0.25) is 0 Å². The molecule has 0 radical (unpaired) electrons. The van der Waals surface area contributed by atoms with Crippen LogP contribution in [0.4, 0.5) is 0 Å². The third-order valence-corrected chi connectivity index (χ3v) is 1.66. The molecule has 76 valence electrons. The van der Waals surface area contributed by atoms with Crippen LogP contribution in [0.1, 0.15) is 40.5 Å². The molecular weight excluding hydrogens is 160 g/mol. The number of rotatable bonds is 5. The van der Waals surface area contributed by atoms with Crippen LogP contribution in [0, 0.1) is 11.8 Å². The highest BCUT2D eigenvalue weighted by atomic mass is 16.3. The summed E-state index contributed by atoms with van der Waals surface area (Å²) in [6, 6.07) is 0. The molecule has 0 aromatic heterocycles. The summed E-state index contributed by atoms with van der Waals surface area (Å²) >= 11 is 0. The predicted molar refractivity (Wildman–Crippen MR) is 58.8 cm³/mol. The van der Waals surface area contributed by atoms with Crippen molar-refractivity contribution in [2.24, 2.45) is 11.8 Å². The van der Waals surface area contributed by atoms with E-state index in [4.69, 9.17) is 0 Å². The van der Waals surface area contributed by atoms with E-state index in [0.29, 0.717) is 17.6 Å². The minimum absolute atomic E-state index is 0.459. The highest BCUT2D eigenvalue weighted by Gasteiger charge is 2.01. The minimum Gasteiger partial charge on any atom is -0.512 e. The Bertz CT molecular complexity index is 187. The maximum atomic E-state index is 9.50. The fourth-order valence-electron chi connectivity index (χ4n) is 1.30. The first-order chi connectivity index (χ1) is 5.91. The quantitative estimate of drug-likeness (QED) is 0.502. The molecule has 0 bridgehead atoms. The fraction of sp³-hybridized carbons (Fsp3) is 0.667. The lowest BCUT2D eigenvalue weighted by atomic mass is 10.0. The molecule has 0 aliphatic rings. The Morgan fingerprint density at radius 3 is 2.00 bits per heavy atom. The van der Waals surface area contributed by atoms with E-state index in [0.717, 1.165) is 18.4 Å². The van der Waals surface area contributed by atoms with Gasteiger partial charge in [0.1, 0.15) is 0 Å². The van der Waals surface area contributed by atoms with Crippen LogP contribution in [0.15, 0.2) is 24.0 Å². The Morgan fingerprint density at radius 1 is 1.15 bits per heavy atom. The minimum atomic E-state index is 0.459. The van der Waals surface area contributed by atoms with Crippen molar-refractivity contribution in [3.63, 3.8) is 0 Å². The summed E-state index contributed by atoms with van der Waals surface area (Å²) in [5, 5.41) is 9.50. The number of aliphatic hydroxyl groups is 1. The van der Waals surface area contributed by atoms with E-state index >= 15 is 0 Å². The van der Waals surface area contributed by atoms with E-state index in [1.807, 2.05) is 0 Å². The van der Waals surface area contributed by atoms with Gasteiger partial charge >= 0.3 is 0 Å². The maximum Gasteiger partial charge on any atom is 0.0927 e. The smallest absolute Gasteiger partial charge is 0.0927 e. The van der Waals surface area contributed by atoms with Crippen LogP contribution in [0.2, 0.25) is 0 Å². The van der Waals surface area contributed by atoms with Crippen LogP contribution < -0.4 is 0 Å². The van der Waals surface area contributed by atoms with Crippen molar-refractivity contribution in [1.82, 2.24) is 0 Å². The van der Waals surface area contributed by atoms with Gasteiger partial charge in [-0.1, -0.05) is 39.8 Å². The first kappa shape index (κ1) is 12.3. The van der Waals surface area contributed by atoms with Gasteiger partial charge in [0.15, 0.2) is 0 Å². The zero-order valence-corrected chi connectivity index (χ0v) is 9.30. The van der Waals surface area contributed by atoms with Gasteiger partial charge in [-0.05, 0) is 24.3 Å². The molecule has 0 spiro atoms. The Morgan fingerprint density at radius 2 is 1.62 bits per heavy atom. The molecular formula is C12H22O. The largest absolute Gasteiger partial charge is 0.512 e. The molecule has 0 saturated carbocycles. The van der Waals surface area contributed by atoms with Crippen LogP contribution in [0.5, 0.6) is 0 Å². The predicted octanol–water partition coefficient (Wildman–Crippen LogP) is 4.08. The highest BCUT2D eigenvalue weighted by Crippen LogP contribution is 2.14. The van der Waals surface area contributed by atoms with E-state index in [9.17, 15) is 5.11 Å². The van der Waals surface area contributed by atoms with Gasteiger partial charge in [0, 0.05) is 6.42 Å². The van der Waals surface area contributed by atoms with Crippen molar-refractivity contribution < 1.29 is 5.11 Å². The van der Waals surface area contributed by atoms with Crippen molar-refractivity contribution in [2.75, 3.05) is 0 Å². The summed E-state index contributed by atoms with van der Waals surface area (Å²) in [5.41, 5.74) is 1.02. The van der Waals surface area contributed by atoms with Crippen LogP contribution in [-0.4, -0.2) is 5.11 Å². The summed E-state index contributed by atoms with van der Waals surface area (Å²) in [7, 11) is 0. The maximum absolute atomic E-state index is 9.50. The second-order valence-electron chi connectivity index (χ2n) is 4.49. The zero-order valence-electron chi connectivity index (χ0n) is 9.30. The van der Waals surface area contributed by atoms with Crippen LogP contribution in [0.25, 0.3) is 0 Å². The molecule has 1 heteroatoms. The molecule has 0 heterocycles. The monoisotopic (exact) mass is 182 g/mol. The summed E-state index contributed by atoms with van der Waals surface area (Å²) in [6.07, 6.45) is 3.51. The van der Waals surface area contributed by atoms with E-state index in [1.54, 1.807) is 6.08 Å². The normalized spacial score (nSPS) is 12.6. The molecule has 0 aromatic carbocycles. The molecule has 0 amide bonds. The lowest BCUT2D eigenvalue weighted by molar-refractivity contribution is 0.364. The molecule has 0 atom stereocenters. The fourth-order valence-corrected chi connectivity index (χ4v) is 1.30. The van der Waals surface area contributed by atoms with Gasteiger partial charge in [0.25, 0.3) is 0 Å². The molecule has 0 fully saturated rings. The van der Waals surface area contributed by atoms with Gasteiger partial charge in [-0.15, -0.1) is 0 Å². The van der Waals surface area contributed by atoms with Gasteiger partial charge in [0.2, 0.25) is 0 Å². The van der Waals surface area contributed by atoms with Gasteiger partial charge < -0.3 is 5.11 Å². The van der Waals surface area contributed by atoms with Gasteiger partial charge in [0.05, 0.1) is 5.76 Å². The molecule has 0 aliphatic carbocycles. The third kappa shape index (κ3) is 7.63. The molecule has 0 aliphatic heterocycles. The second kappa shape index (κ2) is 5.85. The Kier molecular flexibility index (Phi) is 5.52. The Hall–Kier alpha value is -0.720. The Balaban J connectivity index is 3.99. The molecule has 1 N–H and O–H groups in total. The van der Waals surface area contributed by atoms with E-state index in [1.165, 1.54) is 0 Å². The third-order valence-electron chi connectivity index (χ3n) is 1.66. The van der Waals surface area contributed by atoms with E-state index < -0.39 is 0 Å². The number of hydrogen-bond acceptors (Lipinski definition) is 1. The summed E-state index contributed by atoms with van der Waals surface area (Å²) in [4.78, 5) is 0. The lowest BCUT2D eigenvalue weighted by Gasteiger charge is -2.06. The van der Waals surface area contributed by atoms with Crippen molar-refractivity contribution in [1.29, 1.82) is 0 Å². The molecule has 0 saturated heterocycles. The molecule has 0 unspecified atom stereocenters. The number of allylic oxidation sites excluding steroid dienone is 3. The SMILES string of the molecule is C=C(/C=C(\O)CC(C)C)CC(C)C. The Labute approximate surface area is 82.2 Å². The molecule has 0 aromatic rings. The number of aliphatic hydroxyl groups excluding tert-OH is 1. The van der Waals surface area contributed by atoms with E-state index in [2.05, 4.69) is 34.3 Å². The second-order valence-corrected chi connectivity index (χ2v) is 4.49. The van der Waals surface area contributed by atoms with Crippen molar-refractivity contribution in [3.8, 4) is 0 Å². The summed E-state index contributed by atoms with van der Waals surface area (Å²) < 4.78 is 0. The topological polar surface area (TPSA) is 20.2 Å². The van der Waals surface area contributed by atoms with Crippen molar-refractivity contribution in [3.05, 3.63) is 24.0 Å². The van der Waals surface area contributed by atoms with E-state index in [-0.39, 0.29) is 0 Å². The van der Waals surface area contributed by atoms with Gasteiger partial charge in [-0.2, -0.15) is 0 Å². The van der Waals surface area contributed by atoms with Crippen molar-refractivity contribution in [2.45, 2.75) is 40.5 Å². The van der Waals surface area contributed by atoms with Crippen molar-refractivity contribution >= 4 is 0 Å². The average Bonchev–Trinajstić information content (AvgIpc) is 1.80. The zero-order chi connectivity index (χ0) is 10.4.